The zero-order valence-corrected chi connectivity index (χ0v) is 17.9. The third kappa shape index (κ3) is 3.86. The molecule has 158 valence electrons. The van der Waals surface area contributed by atoms with Crippen LogP contribution in [0.5, 0.6) is 0 Å². The Morgan fingerprint density at radius 3 is 2.33 bits per heavy atom. The minimum absolute atomic E-state index is 0.0140. The maximum absolute atomic E-state index is 13.3. The van der Waals surface area contributed by atoms with Gasteiger partial charge in [0.2, 0.25) is 15.7 Å². The van der Waals surface area contributed by atoms with Gasteiger partial charge in [0.15, 0.2) is 0 Å². The minimum atomic E-state index is -3.85. The molecule has 1 aromatic heterocycles. The Morgan fingerprint density at radius 1 is 1.03 bits per heavy atom. The molecule has 2 unspecified atom stereocenters. The number of halogens is 1. The minimum Gasteiger partial charge on any atom is -0.341 e. The Hall–Kier alpha value is -2.67. The summed E-state index contributed by atoms with van der Waals surface area (Å²) < 4.78 is 41.4. The van der Waals surface area contributed by atoms with Crippen LogP contribution >= 0.6 is 0 Å². The average molecular weight is 429 g/mol. The number of para-hydroxylation sites is 1. The summed E-state index contributed by atoms with van der Waals surface area (Å²) in [5.41, 5.74) is 0.685. The van der Waals surface area contributed by atoms with E-state index >= 15 is 0 Å². The Labute approximate surface area is 176 Å². The highest BCUT2D eigenvalue weighted by atomic mass is 32.2. The molecule has 2 aromatic carbocycles. The van der Waals surface area contributed by atoms with E-state index in [9.17, 15) is 17.6 Å². The van der Waals surface area contributed by atoms with Crippen molar-refractivity contribution in [3.63, 3.8) is 0 Å². The van der Waals surface area contributed by atoms with Crippen LogP contribution in [0.25, 0.3) is 10.9 Å². The van der Waals surface area contributed by atoms with Crippen molar-refractivity contribution in [2.45, 2.75) is 36.6 Å². The molecule has 1 aliphatic heterocycles. The molecule has 0 bridgehead atoms. The number of fused-ring (bicyclic) bond motifs is 1. The van der Waals surface area contributed by atoms with Gasteiger partial charge in [-0.2, -0.15) is 0 Å². The van der Waals surface area contributed by atoms with Crippen LogP contribution in [0.3, 0.4) is 0 Å². The van der Waals surface area contributed by atoms with Gasteiger partial charge in [-0.3, -0.25) is 4.79 Å². The number of rotatable bonds is 4. The summed E-state index contributed by atoms with van der Waals surface area (Å²) in [4.78, 5) is 15.0. The van der Waals surface area contributed by atoms with E-state index in [0.29, 0.717) is 22.7 Å². The molecule has 1 amide bonds. The third-order valence-corrected chi connectivity index (χ3v) is 7.49. The average Bonchev–Trinajstić information content (AvgIpc) is 3.07. The zero-order chi connectivity index (χ0) is 21.5. The molecule has 7 heteroatoms. The number of benzene rings is 2. The van der Waals surface area contributed by atoms with E-state index in [4.69, 9.17) is 0 Å². The van der Waals surface area contributed by atoms with Gasteiger partial charge in [0.1, 0.15) is 12.4 Å². The van der Waals surface area contributed by atoms with E-state index in [1.54, 1.807) is 16.7 Å². The van der Waals surface area contributed by atoms with E-state index in [1.807, 2.05) is 17.0 Å². The van der Waals surface area contributed by atoms with Crippen molar-refractivity contribution >= 4 is 26.6 Å². The number of carbonyl (C=O) groups is 1. The maximum atomic E-state index is 13.3. The van der Waals surface area contributed by atoms with Crippen LogP contribution in [0.1, 0.15) is 20.3 Å². The summed E-state index contributed by atoms with van der Waals surface area (Å²) in [6.07, 6.45) is 2.63. The summed E-state index contributed by atoms with van der Waals surface area (Å²) >= 11 is 0. The lowest BCUT2D eigenvalue weighted by Gasteiger charge is -2.35. The first-order valence-electron chi connectivity index (χ1n) is 10.1. The molecule has 0 radical (unpaired) electrons. The largest absolute Gasteiger partial charge is 0.341 e. The van der Waals surface area contributed by atoms with Gasteiger partial charge in [-0.1, -0.05) is 32.0 Å². The molecule has 1 fully saturated rings. The number of hydrogen-bond acceptors (Lipinski definition) is 3. The number of hydrogen-bond donors (Lipinski definition) is 0. The van der Waals surface area contributed by atoms with E-state index in [2.05, 4.69) is 13.8 Å². The predicted molar refractivity (Wildman–Crippen MR) is 113 cm³/mol. The molecule has 3 aromatic rings. The van der Waals surface area contributed by atoms with Crippen LogP contribution in [0.15, 0.2) is 64.5 Å². The second-order valence-electron chi connectivity index (χ2n) is 8.34. The van der Waals surface area contributed by atoms with Gasteiger partial charge in [-0.05, 0) is 48.6 Å². The summed E-state index contributed by atoms with van der Waals surface area (Å²) in [6.45, 7) is 5.83. The van der Waals surface area contributed by atoms with Crippen molar-refractivity contribution in [2.24, 2.45) is 11.8 Å². The van der Waals surface area contributed by atoms with Crippen molar-refractivity contribution in [2.75, 3.05) is 13.1 Å². The van der Waals surface area contributed by atoms with Crippen LogP contribution < -0.4 is 0 Å². The number of aromatic nitrogens is 1. The SMILES string of the molecule is CC1CC(C)CN(C(=O)Cn2cc(S(=O)(=O)c3ccc(F)cc3)c3ccccc32)C1. The van der Waals surface area contributed by atoms with Crippen molar-refractivity contribution in [3.05, 3.63) is 60.5 Å². The van der Waals surface area contributed by atoms with Gasteiger partial charge >= 0.3 is 0 Å². The number of sulfone groups is 1. The molecule has 0 aliphatic carbocycles. The highest BCUT2D eigenvalue weighted by molar-refractivity contribution is 7.91. The fourth-order valence-corrected chi connectivity index (χ4v) is 5.89. The lowest BCUT2D eigenvalue weighted by molar-refractivity contribution is -0.134. The molecule has 5 nitrogen and oxygen atoms in total. The Morgan fingerprint density at radius 2 is 1.67 bits per heavy atom. The summed E-state index contributed by atoms with van der Waals surface area (Å²) in [5, 5.41) is 0.551. The molecule has 1 aliphatic rings. The monoisotopic (exact) mass is 428 g/mol. The van der Waals surface area contributed by atoms with Crippen LogP contribution in [-0.2, 0) is 21.2 Å². The molecule has 2 heterocycles. The summed E-state index contributed by atoms with van der Waals surface area (Å²) in [6, 6.07) is 11.9. The molecule has 2 atom stereocenters. The first kappa shape index (κ1) is 20.6. The number of piperidine rings is 1. The van der Waals surface area contributed by atoms with E-state index in [1.165, 1.54) is 18.3 Å². The van der Waals surface area contributed by atoms with Gasteiger partial charge in [0, 0.05) is 30.2 Å². The third-order valence-electron chi connectivity index (χ3n) is 5.69. The quantitative estimate of drug-likeness (QED) is 0.588. The molecule has 0 spiro atoms. The van der Waals surface area contributed by atoms with Crippen LogP contribution in [0, 0.1) is 17.7 Å². The predicted octanol–water partition coefficient (Wildman–Crippen LogP) is 4.12. The lowest BCUT2D eigenvalue weighted by atomic mass is 9.92. The Kier molecular flexibility index (Phi) is 5.40. The second kappa shape index (κ2) is 7.87. The fraction of sp³-hybridized carbons (Fsp3) is 0.348. The normalized spacial score (nSPS) is 19.9. The number of likely N-dealkylation sites (tertiary alicyclic amines) is 1. The number of carbonyl (C=O) groups excluding carboxylic acids is 1. The Bertz CT molecular complexity index is 1170. The van der Waals surface area contributed by atoms with Crippen LogP contribution in [0.2, 0.25) is 0 Å². The standard InChI is InChI=1S/C23H25FN2O3S/c1-16-11-17(2)13-26(12-16)23(27)15-25-14-22(20-5-3-4-6-21(20)25)30(28,29)19-9-7-18(24)8-10-19/h3-10,14,16-17H,11-13,15H2,1-2H3. The molecule has 0 N–H and O–H groups in total. The molecular formula is C23H25FN2O3S. The molecule has 30 heavy (non-hydrogen) atoms. The van der Waals surface area contributed by atoms with Gasteiger partial charge in [0.05, 0.1) is 9.79 Å². The van der Waals surface area contributed by atoms with Gasteiger partial charge in [-0.15, -0.1) is 0 Å². The van der Waals surface area contributed by atoms with Crippen molar-refractivity contribution < 1.29 is 17.6 Å². The highest BCUT2D eigenvalue weighted by Crippen LogP contribution is 2.30. The summed E-state index contributed by atoms with van der Waals surface area (Å²) in [5.74, 6) is 0.397. The maximum Gasteiger partial charge on any atom is 0.242 e. The molecule has 1 saturated heterocycles. The van der Waals surface area contributed by atoms with E-state index in [-0.39, 0.29) is 22.2 Å². The van der Waals surface area contributed by atoms with Crippen molar-refractivity contribution in [1.82, 2.24) is 9.47 Å². The lowest BCUT2D eigenvalue weighted by Crippen LogP contribution is -2.43. The topological polar surface area (TPSA) is 59.4 Å². The first-order chi connectivity index (χ1) is 14.3. The molecular weight excluding hydrogens is 403 g/mol. The Balaban J connectivity index is 1.71. The zero-order valence-electron chi connectivity index (χ0n) is 17.1. The van der Waals surface area contributed by atoms with Crippen molar-refractivity contribution in [3.8, 4) is 0 Å². The van der Waals surface area contributed by atoms with Crippen LogP contribution in [0.4, 0.5) is 4.39 Å². The van der Waals surface area contributed by atoms with E-state index in [0.717, 1.165) is 31.6 Å². The number of nitrogens with zero attached hydrogens (tertiary/aromatic N) is 2. The summed E-state index contributed by atoms with van der Waals surface area (Å²) in [7, 11) is -3.85. The van der Waals surface area contributed by atoms with Gasteiger partial charge in [-0.25, -0.2) is 12.8 Å². The van der Waals surface area contributed by atoms with Gasteiger partial charge < -0.3 is 9.47 Å². The van der Waals surface area contributed by atoms with E-state index < -0.39 is 15.7 Å². The van der Waals surface area contributed by atoms with Crippen molar-refractivity contribution in [1.29, 1.82) is 0 Å². The molecule has 0 saturated carbocycles. The van der Waals surface area contributed by atoms with Crippen LogP contribution in [-0.4, -0.2) is 36.9 Å². The fourth-order valence-electron chi connectivity index (χ4n) is 4.41. The molecule has 4 rings (SSSR count). The van der Waals surface area contributed by atoms with Gasteiger partial charge in [0.25, 0.3) is 0 Å². The smallest absolute Gasteiger partial charge is 0.242 e. The second-order valence-corrected chi connectivity index (χ2v) is 10.3. The first-order valence-corrected chi connectivity index (χ1v) is 11.6. The number of amides is 1. The highest BCUT2D eigenvalue weighted by Gasteiger charge is 2.27.